The molecule has 1 aromatic rings. The molecular weight excluding hydrogens is 214 g/mol. The zero-order valence-electron chi connectivity index (χ0n) is 10.6. The molecule has 0 saturated carbocycles. The van der Waals surface area contributed by atoms with Gasteiger partial charge in [0.1, 0.15) is 5.75 Å². The number of carbonyl (C=O) groups is 1. The lowest BCUT2D eigenvalue weighted by atomic mass is 10.1. The Morgan fingerprint density at radius 2 is 2.00 bits per heavy atom. The van der Waals surface area contributed by atoms with E-state index in [1.54, 1.807) is 0 Å². The van der Waals surface area contributed by atoms with Crippen LogP contribution in [-0.4, -0.2) is 12.0 Å². The van der Waals surface area contributed by atoms with E-state index in [9.17, 15) is 4.79 Å². The molecule has 1 rings (SSSR count). The van der Waals surface area contributed by atoms with Crippen LogP contribution in [0.1, 0.15) is 32.4 Å². The fourth-order valence-electron chi connectivity index (χ4n) is 1.55. The number of nitrogens with one attached hydrogen (secondary N) is 1. The first-order valence-electron chi connectivity index (χ1n) is 5.73. The molecule has 0 aliphatic heterocycles. The molecular formula is C14H19NO2. The number of ether oxygens (including phenoxy) is 1. The van der Waals surface area contributed by atoms with E-state index in [1.807, 2.05) is 45.0 Å². The standard InChI is InChI=1S/C14H19NO2/c1-5-14(16)15-11(4)12-8-6-7-9-13(12)17-10(2)3/h5-11H,1H2,2-4H3,(H,15,16). The SMILES string of the molecule is C=CC(=O)NC(C)c1ccccc1OC(C)C. The summed E-state index contributed by atoms with van der Waals surface area (Å²) in [7, 11) is 0. The molecule has 3 heteroatoms. The van der Waals surface area contributed by atoms with Crippen LogP contribution in [-0.2, 0) is 4.79 Å². The quantitative estimate of drug-likeness (QED) is 0.794. The van der Waals surface area contributed by atoms with Gasteiger partial charge >= 0.3 is 0 Å². The number of para-hydroxylation sites is 1. The second kappa shape index (κ2) is 6.09. The van der Waals surface area contributed by atoms with Gasteiger partial charge in [0, 0.05) is 5.56 Å². The van der Waals surface area contributed by atoms with Crippen LogP contribution in [0.2, 0.25) is 0 Å². The zero-order chi connectivity index (χ0) is 12.8. The van der Waals surface area contributed by atoms with Gasteiger partial charge in [-0.2, -0.15) is 0 Å². The summed E-state index contributed by atoms with van der Waals surface area (Å²) in [5.74, 6) is 0.621. The fourth-order valence-corrected chi connectivity index (χ4v) is 1.55. The first-order valence-corrected chi connectivity index (χ1v) is 5.73. The van der Waals surface area contributed by atoms with E-state index < -0.39 is 0 Å². The van der Waals surface area contributed by atoms with Crippen LogP contribution < -0.4 is 10.1 Å². The molecule has 3 nitrogen and oxygen atoms in total. The monoisotopic (exact) mass is 233 g/mol. The maximum absolute atomic E-state index is 11.3. The van der Waals surface area contributed by atoms with Gasteiger partial charge in [-0.05, 0) is 32.9 Å². The Balaban J connectivity index is 2.88. The minimum Gasteiger partial charge on any atom is -0.491 e. The average Bonchev–Trinajstić information content (AvgIpc) is 2.28. The topological polar surface area (TPSA) is 38.3 Å². The summed E-state index contributed by atoms with van der Waals surface area (Å²) in [5.41, 5.74) is 0.969. The predicted octanol–water partition coefficient (Wildman–Crippen LogP) is 2.84. The molecule has 1 N–H and O–H groups in total. The lowest BCUT2D eigenvalue weighted by Gasteiger charge is -2.19. The molecule has 0 fully saturated rings. The third-order valence-corrected chi connectivity index (χ3v) is 2.29. The van der Waals surface area contributed by atoms with E-state index >= 15 is 0 Å². The van der Waals surface area contributed by atoms with E-state index in [1.165, 1.54) is 6.08 Å². The molecule has 0 aliphatic rings. The van der Waals surface area contributed by atoms with Crippen molar-refractivity contribution in [1.29, 1.82) is 0 Å². The Kier molecular flexibility index (Phi) is 4.76. The first kappa shape index (κ1) is 13.3. The molecule has 0 aromatic heterocycles. The van der Waals surface area contributed by atoms with E-state index in [0.29, 0.717) is 0 Å². The predicted molar refractivity (Wildman–Crippen MR) is 69.0 cm³/mol. The Bertz CT molecular complexity index is 399. The minimum atomic E-state index is -0.183. The summed E-state index contributed by atoms with van der Waals surface area (Å²) in [6.07, 6.45) is 1.38. The number of carbonyl (C=O) groups excluding carboxylic acids is 1. The summed E-state index contributed by atoms with van der Waals surface area (Å²) >= 11 is 0. The summed E-state index contributed by atoms with van der Waals surface area (Å²) in [6.45, 7) is 9.31. The molecule has 0 heterocycles. The molecule has 92 valence electrons. The lowest BCUT2D eigenvalue weighted by molar-refractivity contribution is -0.117. The van der Waals surface area contributed by atoms with Gasteiger partial charge in [-0.3, -0.25) is 4.79 Å². The molecule has 1 amide bonds. The molecule has 1 atom stereocenters. The molecule has 0 saturated heterocycles. The Labute approximate surface area is 102 Å². The highest BCUT2D eigenvalue weighted by atomic mass is 16.5. The van der Waals surface area contributed by atoms with Crippen LogP contribution in [0, 0.1) is 0 Å². The summed E-state index contributed by atoms with van der Waals surface area (Å²) in [4.78, 5) is 11.3. The van der Waals surface area contributed by atoms with Crippen LogP contribution in [0.5, 0.6) is 5.75 Å². The molecule has 1 unspecified atom stereocenters. The zero-order valence-corrected chi connectivity index (χ0v) is 10.6. The van der Waals surface area contributed by atoms with Gasteiger partial charge in [0.05, 0.1) is 12.1 Å². The second-order valence-corrected chi connectivity index (χ2v) is 4.14. The van der Waals surface area contributed by atoms with Crippen LogP contribution >= 0.6 is 0 Å². The van der Waals surface area contributed by atoms with Gasteiger partial charge < -0.3 is 10.1 Å². The highest BCUT2D eigenvalue weighted by Gasteiger charge is 2.13. The van der Waals surface area contributed by atoms with Crippen molar-refractivity contribution in [2.24, 2.45) is 0 Å². The van der Waals surface area contributed by atoms with Crippen molar-refractivity contribution in [3.05, 3.63) is 42.5 Å². The van der Waals surface area contributed by atoms with Gasteiger partial charge in [-0.25, -0.2) is 0 Å². The summed E-state index contributed by atoms with van der Waals surface area (Å²) in [6, 6.07) is 7.61. The second-order valence-electron chi connectivity index (χ2n) is 4.14. The number of rotatable bonds is 5. The lowest BCUT2D eigenvalue weighted by Crippen LogP contribution is -2.25. The van der Waals surface area contributed by atoms with Crippen molar-refractivity contribution in [3.63, 3.8) is 0 Å². The molecule has 17 heavy (non-hydrogen) atoms. The van der Waals surface area contributed by atoms with Gasteiger partial charge in [0.15, 0.2) is 0 Å². The van der Waals surface area contributed by atoms with Gasteiger partial charge in [0.25, 0.3) is 0 Å². The maximum Gasteiger partial charge on any atom is 0.243 e. The highest BCUT2D eigenvalue weighted by molar-refractivity contribution is 5.87. The Morgan fingerprint density at radius 3 is 2.59 bits per heavy atom. The number of benzene rings is 1. The van der Waals surface area contributed by atoms with E-state index in [0.717, 1.165) is 11.3 Å². The summed E-state index contributed by atoms with van der Waals surface area (Å²) in [5, 5.41) is 2.82. The number of amides is 1. The van der Waals surface area contributed by atoms with Gasteiger partial charge in [0.2, 0.25) is 5.91 Å². The van der Waals surface area contributed by atoms with Crippen LogP contribution in [0.25, 0.3) is 0 Å². The van der Waals surface area contributed by atoms with Gasteiger partial charge in [-0.1, -0.05) is 24.8 Å². The Hall–Kier alpha value is -1.77. The smallest absolute Gasteiger partial charge is 0.243 e. The largest absolute Gasteiger partial charge is 0.491 e. The van der Waals surface area contributed by atoms with Crippen molar-refractivity contribution in [2.75, 3.05) is 0 Å². The number of hydrogen-bond acceptors (Lipinski definition) is 2. The molecule has 0 bridgehead atoms. The van der Waals surface area contributed by atoms with Gasteiger partial charge in [-0.15, -0.1) is 0 Å². The van der Waals surface area contributed by atoms with Crippen LogP contribution in [0.15, 0.2) is 36.9 Å². The first-order chi connectivity index (χ1) is 8.04. The van der Waals surface area contributed by atoms with Crippen molar-refractivity contribution in [2.45, 2.75) is 32.9 Å². The van der Waals surface area contributed by atoms with Crippen molar-refractivity contribution in [3.8, 4) is 5.75 Å². The third kappa shape index (κ3) is 3.94. The fraction of sp³-hybridized carbons (Fsp3) is 0.357. The summed E-state index contributed by atoms with van der Waals surface area (Å²) < 4.78 is 5.70. The van der Waals surface area contributed by atoms with E-state index in [-0.39, 0.29) is 18.1 Å². The molecule has 0 aliphatic carbocycles. The van der Waals surface area contributed by atoms with Crippen LogP contribution in [0.3, 0.4) is 0 Å². The maximum atomic E-state index is 11.3. The minimum absolute atomic E-state index is 0.101. The highest BCUT2D eigenvalue weighted by Crippen LogP contribution is 2.25. The van der Waals surface area contributed by atoms with Crippen molar-refractivity contribution in [1.82, 2.24) is 5.32 Å². The number of hydrogen-bond donors (Lipinski definition) is 1. The van der Waals surface area contributed by atoms with E-state index in [2.05, 4.69) is 11.9 Å². The molecule has 1 aromatic carbocycles. The Morgan fingerprint density at radius 1 is 1.35 bits per heavy atom. The molecule has 0 spiro atoms. The average molecular weight is 233 g/mol. The third-order valence-electron chi connectivity index (χ3n) is 2.29. The normalized spacial score (nSPS) is 12.0. The van der Waals surface area contributed by atoms with E-state index in [4.69, 9.17) is 4.74 Å². The van der Waals surface area contributed by atoms with Crippen molar-refractivity contribution >= 4 is 5.91 Å². The van der Waals surface area contributed by atoms with Crippen molar-refractivity contribution < 1.29 is 9.53 Å². The van der Waals surface area contributed by atoms with Crippen LogP contribution in [0.4, 0.5) is 0 Å². The molecule has 0 radical (unpaired) electrons.